The second kappa shape index (κ2) is 10.5. The first-order chi connectivity index (χ1) is 16.4. The number of carbonyl (C=O) groups excluding carboxylic acids is 1. The van der Waals surface area contributed by atoms with Crippen LogP contribution in [0.5, 0.6) is 0 Å². The summed E-state index contributed by atoms with van der Waals surface area (Å²) in [6.07, 6.45) is 0.962. The van der Waals surface area contributed by atoms with Crippen molar-refractivity contribution < 1.29 is 4.79 Å². The fourth-order valence-corrected chi connectivity index (χ4v) is 4.67. The Labute approximate surface area is 209 Å². The maximum absolute atomic E-state index is 13.0. The van der Waals surface area contributed by atoms with Crippen LogP contribution in [0.15, 0.2) is 71.9 Å². The van der Waals surface area contributed by atoms with Gasteiger partial charge in [0.05, 0.1) is 10.9 Å². The highest BCUT2D eigenvalue weighted by Crippen LogP contribution is 2.33. The van der Waals surface area contributed by atoms with Crippen LogP contribution in [0, 0.1) is 13.8 Å². The lowest BCUT2D eigenvalue weighted by atomic mass is 10.1. The lowest BCUT2D eigenvalue weighted by Gasteiger charge is -2.16. The second-order valence-electron chi connectivity index (χ2n) is 8.24. The maximum atomic E-state index is 13.0. The van der Waals surface area contributed by atoms with E-state index >= 15 is 0 Å². The van der Waals surface area contributed by atoms with Crippen molar-refractivity contribution in [1.29, 1.82) is 0 Å². The summed E-state index contributed by atoms with van der Waals surface area (Å²) in [5.74, 6) is 0.593. The number of halogens is 1. The normalized spacial score (nSPS) is 11.9. The van der Waals surface area contributed by atoms with Gasteiger partial charge in [0.2, 0.25) is 5.91 Å². The van der Waals surface area contributed by atoms with Gasteiger partial charge in [-0.05, 0) is 74.2 Å². The average molecular weight is 491 g/mol. The highest BCUT2D eigenvalue weighted by Gasteiger charge is 2.23. The van der Waals surface area contributed by atoms with Crippen molar-refractivity contribution in [2.45, 2.75) is 44.5 Å². The van der Waals surface area contributed by atoms with Crippen molar-refractivity contribution >= 4 is 35.0 Å². The predicted octanol–water partition coefficient (Wildman–Crippen LogP) is 6.89. The van der Waals surface area contributed by atoms with Gasteiger partial charge < -0.3 is 5.32 Å². The molecular weight excluding hydrogens is 464 g/mol. The number of hydrogen-bond donors (Lipinski definition) is 1. The fraction of sp³-hybridized carbons (Fsp3) is 0.222. The summed E-state index contributed by atoms with van der Waals surface area (Å²) >= 11 is 7.64. The molecule has 0 bridgehead atoms. The van der Waals surface area contributed by atoms with Gasteiger partial charge >= 0.3 is 0 Å². The molecule has 1 amide bonds. The standard InChI is InChI=1S/C27H27ClN4OS/c1-5-20-11-13-23(14-12-20)29-26(33)19(4)34-27-31-30-25(21-7-6-8-22(28)16-21)32(27)24-15-17(2)9-10-18(24)3/h6-16,19H,5H2,1-4H3,(H,29,33)/t19-/m0/s1. The Bertz CT molecular complexity index is 1320. The molecule has 174 valence electrons. The second-order valence-corrected chi connectivity index (χ2v) is 9.99. The molecule has 0 fully saturated rings. The minimum Gasteiger partial charge on any atom is -0.325 e. The molecule has 0 saturated heterocycles. The van der Waals surface area contributed by atoms with Crippen molar-refractivity contribution in [3.63, 3.8) is 0 Å². The molecule has 4 aromatic rings. The van der Waals surface area contributed by atoms with Gasteiger partial charge in [0.1, 0.15) is 0 Å². The monoisotopic (exact) mass is 490 g/mol. The van der Waals surface area contributed by atoms with E-state index in [0.717, 1.165) is 34.5 Å². The third-order valence-electron chi connectivity index (χ3n) is 5.60. The van der Waals surface area contributed by atoms with Crippen molar-refractivity contribution in [3.05, 3.63) is 88.4 Å². The third kappa shape index (κ3) is 5.34. The lowest BCUT2D eigenvalue weighted by Crippen LogP contribution is -2.23. The van der Waals surface area contributed by atoms with E-state index in [1.807, 2.05) is 60.0 Å². The van der Waals surface area contributed by atoms with Crippen LogP contribution in [0.3, 0.4) is 0 Å². The highest BCUT2D eigenvalue weighted by atomic mass is 35.5. The van der Waals surface area contributed by atoms with Crippen LogP contribution >= 0.6 is 23.4 Å². The topological polar surface area (TPSA) is 59.8 Å². The molecule has 34 heavy (non-hydrogen) atoms. The molecule has 0 aliphatic rings. The Morgan fingerprint density at radius 2 is 1.82 bits per heavy atom. The first-order valence-corrected chi connectivity index (χ1v) is 12.5. The Balaban J connectivity index is 1.67. The molecule has 1 N–H and O–H groups in total. The van der Waals surface area contributed by atoms with Crippen LogP contribution in [0.1, 0.15) is 30.5 Å². The molecule has 0 unspecified atom stereocenters. The van der Waals surface area contributed by atoms with Gasteiger partial charge in [0.25, 0.3) is 0 Å². The first-order valence-electron chi connectivity index (χ1n) is 11.2. The van der Waals surface area contributed by atoms with Crippen molar-refractivity contribution in [2.75, 3.05) is 5.32 Å². The van der Waals surface area contributed by atoms with E-state index in [2.05, 4.69) is 54.5 Å². The van der Waals surface area contributed by atoms with Crippen LogP contribution in [0.4, 0.5) is 5.69 Å². The number of carbonyl (C=O) groups is 1. The summed E-state index contributed by atoms with van der Waals surface area (Å²) in [5, 5.41) is 12.9. The molecule has 5 nitrogen and oxygen atoms in total. The van der Waals surface area contributed by atoms with E-state index in [9.17, 15) is 4.79 Å². The van der Waals surface area contributed by atoms with E-state index in [1.54, 1.807) is 0 Å². The molecular formula is C27H27ClN4OS. The molecule has 0 aliphatic heterocycles. The summed E-state index contributed by atoms with van der Waals surface area (Å²) in [7, 11) is 0. The summed E-state index contributed by atoms with van der Waals surface area (Å²) in [5.41, 5.74) is 6.07. The van der Waals surface area contributed by atoms with Crippen LogP contribution in [0.25, 0.3) is 17.1 Å². The third-order valence-corrected chi connectivity index (χ3v) is 6.88. The maximum Gasteiger partial charge on any atom is 0.237 e. The first kappa shape index (κ1) is 24.0. The number of aryl methyl sites for hydroxylation is 3. The molecule has 4 rings (SSSR count). The van der Waals surface area contributed by atoms with Crippen LogP contribution < -0.4 is 5.32 Å². The zero-order valence-electron chi connectivity index (χ0n) is 19.7. The molecule has 0 aliphatic carbocycles. The number of nitrogens with zero attached hydrogens (tertiary/aromatic N) is 3. The average Bonchev–Trinajstić information content (AvgIpc) is 3.24. The Kier molecular flexibility index (Phi) is 7.39. The number of aromatic nitrogens is 3. The van der Waals surface area contributed by atoms with Gasteiger partial charge in [-0.15, -0.1) is 10.2 Å². The molecule has 0 radical (unpaired) electrons. The number of hydrogen-bond acceptors (Lipinski definition) is 4. The Morgan fingerprint density at radius 3 is 2.53 bits per heavy atom. The van der Waals surface area contributed by atoms with Crippen LogP contribution in [-0.4, -0.2) is 25.9 Å². The van der Waals surface area contributed by atoms with E-state index in [1.165, 1.54) is 17.3 Å². The smallest absolute Gasteiger partial charge is 0.237 e. The SMILES string of the molecule is CCc1ccc(NC(=O)[C@H](C)Sc2nnc(-c3cccc(Cl)c3)n2-c2cc(C)ccc2C)cc1. The molecule has 0 spiro atoms. The van der Waals surface area contributed by atoms with Gasteiger partial charge in [-0.3, -0.25) is 9.36 Å². The van der Waals surface area contributed by atoms with E-state index in [0.29, 0.717) is 16.0 Å². The molecule has 0 saturated carbocycles. The Morgan fingerprint density at radius 1 is 1.06 bits per heavy atom. The fourth-order valence-electron chi connectivity index (χ4n) is 3.62. The summed E-state index contributed by atoms with van der Waals surface area (Å²) in [4.78, 5) is 13.0. The van der Waals surface area contributed by atoms with Gasteiger partial charge in [-0.2, -0.15) is 0 Å². The zero-order valence-corrected chi connectivity index (χ0v) is 21.2. The number of anilines is 1. The largest absolute Gasteiger partial charge is 0.325 e. The van der Waals surface area contributed by atoms with Crippen molar-refractivity contribution in [3.8, 4) is 17.1 Å². The molecule has 3 aromatic carbocycles. The van der Waals surface area contributed by atoms with Gasteiger partial charge in [-0.25, -0.2) is 0 Å². The molecule has 1 aromatic heterocycles. The summed E-state index contributed by atoms with van der Waals surface area (Å²) in [6.45, 7) is 8.10. The quantitative estimate of drug-likeness (QED) is 0.287. The summed E-state index contributed by atoms with van der Waals surface area (Å²) in [6, 6.07) is 21.8. The minimum absolute atomic E-state index is 0.0888. The summed E-state index contributed by atoms with van der Waals surface area (Å²) < 4.78 is 2.01. The number of benzene rings is 3. The van der Waals surface area contributed by atoms with E-state index in [-0.39, 0.29) is 11.2 Å². The van der Waals surface area contributed by atoms with Crippen LogP contribution in [0.2, 0.25) is 5.02 Å². The number of nitrogens with one attached hydrogen (secondary N) is 1. The predicted molar refractivity (Wildman–Crippen MR) is 141 cm³/mol. The van der Waals surface area contributed by atoms with Crippen LogP contribution in [-0.2, 0) is 11.2 Å². The number of rotatable bonds is 7. The van der Waals surface area contributed by atoms with E-state index in [4.69, 9.17) is 11.6 Å². The number of thioether (sulfide) groups is 1. The van der Waals surface area contributed by atoms with Gasteiger partial charge in [0, 0.05) is 16.3 Å². The molecule has 7 heteroatoms. The number of amides is 1. The van der Waals surface area contributed by atoms with Crippen molar-refractivity contribution in [1.82, 2.24) is 14.8 Å². The zero-order chi connectivity index (χ0) is 24.2. The lowest BCUT2D eigenvalue weighted by molar-refractivity contribution is -0.115. The minimum atomic E-state index is -0.383. The van der Waals surface area contributed by atoms with Gasteiger partial charge in [0.15, 0.2) is 11.0 Å². The highest BCUT2D eigenvalue weighted by molar-refractivity contribution is 8.00. The molecule has 1 heterocycles. The van der Waals surface area contributed by atoms with E-state index < -0.39 is 0 Å². The van der Waals surface area contributed by atoms with Crippen molar-refractivity contribution in [2.24, 2.45) is 0 Å². The Hall–Kier alpha value is -3.09. The molecule has 1 atom stereocenters. The van der Waals surface area contributed by atoms with Gasteiger partial charge in [-0.1, -0.05) is 66.7 Å².